The van der Waals surface area contributed by atoms with Crippen LogP contribution in [-0.4, -0.2) is 78.4 Å². The van der Waals surface area contributed by atoms with Gasteiger partial charge in [0.2, 0.25) is 34.8 Å². The fourth-order valence-corrected chi connectivity index (χ4v) is 5.97. The lowest BCUT2D eigenvalue weighted by atomic mass is 9.93. The van der Waals surface area contributed by atoms with E-state index in [0.29, 0.717) is 44.0 Å². The van der Waals surface area contributed by atoms with Crippen LogP contribution in [0.5, 0.6) is 46.3 Å². The molecule has 4 rings (SSSR count). The fourth-order valence-electron chi connectivity index (χ4n) is 5.67. The lowest BCUT2D eigenvalue weighted by Crippen LogP contribution is -2.19. The number of pyridine rings is 2. The minimum absolute atomic E-state index is 0.0407. The van der Waals surface area contributed by atoms with Crippen LogP contribution in [0.3, 0.4) is 0 Å². The molecule has 2 heterocycles. The monoisotopic (exact) mass is 808 g/mol. The molecule has 4 aromatic rings. The Kier molecular flexibility index (Phi) is 13.9. The number of carbonyl (C=O) groups excluding carboxylic acids is 2. The number of ether oxygens (including phenoxy) is 8. The fraction of sp³-hybridized carbons (Fsp3) is 0.351. The molecule has 2 aromatic heterocycles. The standard InChI is InChI=1S/C19H20F3NO5.C18H20BrNO5/c1-9-7-11(25-3)16(26-4)17(27-5)12(9)15(24)13-14(19(20,21)22)10(2)8-23-18(13)28-6;1-9-7-12(22-3)16(23-4)17(24-5)13(9)15(21)14-10(2)11(19)8-20-18(14)25-6/h7-8H,1-6H3;7-8H,1-6H3. The summed E-state index contributed by atoms with van der Waals surface area (Å²) < 4.78 is 84.1. The molecule has 0 saturated heterocycles. The normalized spacial score (nSPS) is 10.8. The number of benzene rings is 2. The van der Waals surface area contributed by atoms with Gasteiger partial charge in [-0.25, -0.2) is 9.97 Å². The zero-order chi connectivity index (χ0) is 39.9. The highest BCUT2D eigenvalue weighted by Crippen LogP contribution is 2.46. The molecule has 0 fully saturated rings. The Hall–Kier alpha value is -5.25. The van der Waals surface area contributed by atoms with Crippen LogP contribution >= 0.6 is 15.9 Å². The largest absolute Gasteiger partial charge is 0.493 e. The zero-order valence-electron chi connectivity index (χ0n) is 31.3. The van der Waals surface area contributed by atoms with Crippen LogP contribution in [0.4, 0.5) is 13.2 Å². The number of nitrogens with zero attached hydrogens (tertiary/aromatic N) is 2. The number of methoxy groups -OCH3 is 8. The molecule has 0 spiro atoms. The van der Waals surface area contributed by atoms with Gasteiger partial charge in [-0.05, 0) is 78.0 Å². The van der Waals surface area contributed by atoms with Gasteiger partial charge < -0.3 is 37.9 Å². The molecule has 12 nitrogen and oxygen atoms in total. The molecular weight excluding hydrogens is 769 g/mol. The first-order chi connectivity index (χ1) is 25.0. The van der Waals surface area contributed by atoms with E-state index in [0.717, 1.165) is 18.9 Å². The highest BCUT2D eigenvalue weighted by molar-refractivity contribution is 9.10. The summed E-state index contributed by atoms with van der Waals surface area (Å²) in [7, 11) is 11.1. The molecule has 16 heteroatoms. The Morgan fingerprint density at radius 1 is 0.547 bits per heavy atom. The van der Waals surface area contributed by atoms with Crippen molar-refractivity contribution < 1.29 is 60.7 Å². The first-order valence-electron chi connectivity index (χ1n) is 15.5. The lowest BCUT2D eigenvalue weighted by molar-refractivity contribution is -0.138. The number of hydrogen-bond donors (Lipinski definition) is 0. The molecular formula is C37H40BrF3N2O10. The number of carbonyl (C=O) groups is 2. The minimum atomic E-state index is -4.79. The van der Waals surface area contributed by atoms with E-state index < -0.39 is 29.0 Å². The van der Waals surface area contributed by atoms with Crippen molar-refractivity contribution in [2.45, 2.75) is 33.9 Å². The smallest absolute Gasteiger partial charge is 0.417 e. The van der Waals surface area contributed by atoms with Gasteiger partial charge in [-0.2, -0.15) is 13.2 Å². The lowest BCUT2D eigenvalue weighted by Gasteiger charge is -2.20. The van der Waals surface area contributed by atoms with Gasteiger partial charge in [-0.15, -0.1) is 0 Å². The first-order valence-corrected chi connectivity index (χ1v) is 16.3. The molecule has 0 amide bonds. The third kappa shape index (κ3) is 8.22. The number of alkyl halides is 3. The van der Waals surface area contributed by atoms with Gasteiger partial charge in [0.05, 0.1) is 84.7 Å². The van der Waals surface area contributed by atoms with Crippen LogP contribution in [0.25, 0.3) is 0 Å². The topological polar surface area (TPSA) is 134 Å². The first kappa shape index (κ1) is 42.2. The second kappa shape index (κ2) is 17.5. The maximum atomic E-state index is 13.7. The Balaban J connectivity index is 0.000000287. The third-order valence-electron chi connectivity index (χ3n) is 8.11. The highest BCUT2D eigenvalue weighted by Gasteiger charge is 2.41. The Bertz CT molecular complexity index is 2020. The summed E-state index contributed by atoms with van der Waals surface area (Å²) in [5.41, 5.74) is 0.409. The number of aryl methyl sites for hydroxylation is 3. The van der Waals surface area contributed by atoms with E-state index in [4.69, 9.17) is 37.9 Å². The van der Waals surface area contributed by atoms with Gasteiger partial charge in [-0.1, -0.05) is 0 Å². The Morgan fingerprint density at radius 3 is 1.32 bits per heavy atom. The highest BCUT2D eigenvalue weighted by atomic mass is 79.9. The van der Waals surface area contributed by atoms with Crippen LogP contribution in [0, 0.1) is 27.7 Å². The Morgan fingerprint density at radius 2 is 0.943 bits per heavy atom. The van der Waals surface area contributed by atoms with Gasteiger partial charge in [0.25, 0.3) is 0 Å². The third-order valence-corrected chi connectivity index (χ3v) is 8.91. The van der Waals surface area contributed by atoms with Crippen molar-refractivity contribution in [2.24, 2.45) is 0 Å². The van der Waals surface area contributed by atoms with E-state index in [2.05, 4.69) is 25.9 Å². The zero-order valence-corrected chi connectivity index (χ0v) is 32.9. The van der Waals surface area contributed by atoms with Gasteiger partial charge in [0.15, 0.2) is 23.0 Å². The minimum Gasteiger partial charge on any atom is -0.493 e. The summed E-state index contributed by atoms with van der Waals surface area (Å²) in [4.78, 5) is 34.7. The van der Waals surface area contributed by atoms with Gasteiger partial charge >= 0.3 is 6.18 Å². The molecule has 0 aliphatic rings. The maximum absolute atomic E-state index is 13.7. The molecule has 0 atom stereocenters. The van der Waals surface area contributed by atoms with Crippen LogP contribution in [-0.2, 0) is 6.18 Å². The quantitative estimate of drug-likeness (QED) is 0.130. The van der Waals surface area contributed by atoms with E-state index in [-0.39, 0.29) is 40.0 Å². The van der Waals surface area contributed by atoms with E-state index in [1.807, 2.05) is 13.8 Å². The number of ketones is 2. The summed E-state index contributed by atoms with van der Waals surface area (Å²) in [6.07, 6.45) is -2.18. The molecule has 286 valence electrons. The number of hydrogen-bond acceptors (Lipinski definition) is 12. The summed E-state index contributed by atoms with van der Waals surface area (Å²) in [6, 6.07) is 3.22. The summed E-state index contributed by atoms with van der Waals surface area (Å²) in [6.45, 7) is 6.42. The van der Waals surface area contributed by atoms with Gasteiger partial charge in [0, 0.05) is 16.9 Å². The van der Waals surface area contributed by atoms with Crippen molar-refractivity contribution in [1.82, 2.24) is 9.97 Å². The van der Waals surface area contributed by atoms with E-state index in [1.165, 1.54) is 62.8 Å². The predicted octanol–water partition coefficient (Wildman–Crippen LogP) is 7.71. The van der Waals surface area contributed by atoms with E-state index >= 15 is 0 Å². The number of rotatable bonds is 12. The van der Waals surface area contributed by atoms with Gasteiger partial charge in [-0.3, -0.25) is 9.59 Å². The summed E-state index contributed by atoms with van der Waals surface area (Å²) in [5.74, 6) is 0.0934. The van der Waals surface area contributed by atoms with Crippen molar-refractivity contribution in [1.29, 1.82) is 0 Å². The summed E-state index contributed by atoms with van der Waals surface area (Å²) in [5, 5.41) is 0. The van der Waals surface area contributed by atoms with Crippen LogP contribution in [0.15, 0.2) is 29.0 Å². The molecule has 0 aliphatic carbocycles. The average Bonchev–Trinajstić information content (AvgIpc) is 3.13. The molecule has 0 radical (unpaired) electrons. The van der Waals surface area contributed by atoms with Crippen LogP contribution < -0.4 is 37.9 Å². The van der Waals surface area contributed by atoms with Crippen molar-refractivity contribution in [3.63, 3.8) is 0 Å². The van der Waals surface area contributed by atoms with Crippen LogP contribution in [0.1, 0.15) is 59.7 Å². The van der Waals surface area contributed by atoms with Crippen LogP contribution in [0.2, 0.25) is 0 Å². The summed E-state index contributed by atoms with van der Waals surface area (Å²) >= 11 is 3.41. The van der Waals surface area contributed by atoms with E-state index in [9.17, 15) is 22.8 Å². The van der Waals surface area contributed by atoms with E-state index in [1.54, 1.807) is 19.2 Å². The Labute approximate surface area is 313 Å². The predicted molar refractivity (Wildman–Crippen MR) is 192 cm³/mol. The molecule has 2 aromatic carbocycles. The number of aromatic nitrogens is 2. The van der Waals surface area contributed by atoms with Crippen molar-refractivity contribution in [3.05, 3.63) is 79.1 Å². The average molecular weight is 810 g/mol. The molecule has 0 N–H and O–H groups in total. The second-order valence-electron chi connectivity index (χ2n) is 11.1. The number of halogens is 4. The SMILES string of the molecule is COc1cc(C)c(C(=O)c2c(OC)ncc(Br)c2C)c(OC)c1OC.COc1cc(C)c(C(=O)c2c(OC)ncc(C)c2C(F)(F)F)c(OC)c1OC. The van der Waals surface area contributed by atoms with Crippen molar-refractivity contribution >= 4 is 27.5 Å². The molecule has 0 saturated carbocycles. The molecule has 0 bridgehead atoms. The molecule has 0 aliphatic heterocycles. The van der Waals surface area contributed by atoms with Gasteiger partial charge in [0.1, 0.15) is 0 Å². The van der Waals surface area contributed by atoms with Crippen molar-refractivity contribution in [2.75, 3.05) is 56.9 Å². The molecule has 53 heavy (non-hydrogen) atoms. The maximum Gasteiger partial charge on any atom is 0.417 e. The molecule has 0 unspecified atom stereocenters. The second-order valence-corrected chi connectivity index (χ2v) is 12.0. The van der Waals surface area contributed by atoms with Crippen molar-refractivity contribution in [3.8, 4) is 46.3 Å².